The highest BCUT2D eigenvalue weighted by Gasteiger charge is 2.27. The van der Waals surface area contributed by atoms with Gasteiger partial charge < -0.3 is 18.9 Å². The highest BCUT2D eigenvalue weighted by molar-refractivity contribution is 7.47. The van der Waals surface area contributed by atoms with Gasteiger partial charge in [-0.05, 0) is 77.0 Å². The Hall–Kier alpha value is -3.33. The summed E-state index contributed by atoms with van der Waals surface area (Å²) in [5, 5.41) is 0. The highest BCUT2D eigenvalue weighted by Crippen LogP contribution is 2.43. The molecule has 0 saturated heterocycles. The van der Waals surface area contributed by atoms with Crippen LogP contribution in [-0.4, -0.2) is 74.9 Å². The number of nitrogens with zero attached hydrogens (tertiary/aromatic N) is 1. The summed E-state index contributed by atoms with van der Waals surface area (Å²) in [6.07, 6.45) is 52.8. The maximum Gasteiger partial charge on any atom is 0.472 e. The summed E-state index contributed by atoms with van der Waals surface area (Å²) in [5.74, 6) is -0.878. The number of carbonyl (C=O) groups is 2. The Morgan fingerprint density at radius 2 is 1.02 bits per heavy atom. The third kappa shape index (κ3) is 42.3. The van der Waals surface area contributed by atoms with Gasteiger partial charge in [-0.1, -0.05) is 149 Å². The lowest BCUT2D eigenvalue weighted by Gasteiger charge is -2.24. The smallest absolute Gasteiger partial charge is 0.462 e. The molecule has 9 nitrogen and oxygen atoms in total. The monoisotopic (exact) mass is 829 g/mol. The second-order valence-electron chi connectivity index (χ2n) is 15.1. The number of hydrogen-bond donors (Lipinski definition) is 1. The summed E-state index contributed by atoms with van der Waals surface area (Å²) in [6.45, 7) is 4.06. The minimum Gasteiger partial charge on any atom is -0.462 e. The van der Waals surface area contributed by atoms with Crippen LogP contribution in [0.1, 0.15) is 129 Å². The van der Waals surface area contributed by atoms with Crippen molar-refractivity contribution in [2.24, 2.45) is 0 Å². The maximum absolute atomic E-state index is 12.7. The van der Waals surface area contributed by atoms with Crippen LogP contribution in [0.5, 0.6) is 0 Å². The fraction of sp³-hybridized carbons (Fsp3) is 0.583. The quantitative estimate of drug-likeness (QED) is 0.0165. The van der Waals surface area contributed by atoms with Gasteiger partial charge in [0.1, 0.15) is 19.8 Å². The molecule has 0 aliphatic heterocycles. The van der Waals surface area contributed by atoms with Crippen molar-refractivity contribution < 1.29 is 42.1 Å². The molecule has 0 aromatic heterocycles. The van der Waals surface area contributed by atoms with Crippen LogP contribution in [0.2, 0.25) is 0 Å². The van der Waals surface area contributed by atoms with Gasteiger partial charge in [0.2, 0.25) is 0 Å². The Bertz CT molecular complexity index is 1350. The molecule has 0 amide bonds. The molecule has 0 fully saturated rings. The lowest BCUT2D eigenvalue weighted by Crippen LogP contribution is -2.37. The van der Waals surface area contributed by atoms with Crippen molar-refractivity contribution in [3.05, 3.63) is 109 Å². The molecule has 10 heteroatoms. The van der Waals surface area contributed by atoms with E-state index >= 15 is 0 Å². The molecule has 328 valence electrons. The van der Waals surface area contributed by atoms with Gasteiger partial charge in [0.05, 0.1) is 27.7 Å². The Balaban J connectivity index is 4.51. The highest BCUT2D eigenvalue weighted by atomic mass is 31.2. The number of rotatable bonds is 37. The molecule has 0 heterocycles. The van der Waals surface area contributed by atoms with E-state index in [9.17, 15) is 19.0 Å². The van der Waals surface area contributed by atoms with E-state index in [0.29, 0.717) is 23.9 Å². The molecule has 0 radical (unpaired) electrons. The summed E-state index contributed by atoms with van der Waals surface area (Å²) >= 11 is 0. The van der Waals surface area contributed by atoms with E-state index in [-0.39, 0.29) is 26.1 Å². The van der Waals surface area contributed by atoms with Crippen LogP contribution in [0.3, 0.4) is 0 Å². The second kappa shape index (κ2) is 39.1. The Labute approximate surface area is 353 Å². The molecular formula is C48H79NO8P+. The molecule has 2 atom stereocenters. The molecule has 0 spiro atoms. The fourth-order valence-electron chi connectivity index (χ4n) is 5.05. The average Bonchev–Trinajstić information content (AvgIpc) is 3.17. The number of carbonyl (C=O) groups excluding carboxylic acids is 2. The molecular weight excluding hydrogens is 750 g/mol. The number of esters is 2. The third-order valence-corrected chi connectivity index (χ3v) is 9.38. The summed E-state index contributed by atoms with van der Waals surface area (Å²) in [6, 6.07) is 0. The topological polar surface area (TPSA) is 108 Å². The van der Waals surface area contributed by atoms with Gasteiger partial charge in [-0.3, -0.25) is 18.6 Å². The summed E-state index contributed by atoms with van der Waals surface area (Å²) in [4.78, 5) is 35.4. The normalized spacial score (nSPS) is 14.7. The van der Waals surface area contributed by atoms with Gasteiger partial charge in [-0.2, -0.15) is 0 Å². The molecule has 0 aromatic rings. The van der Waals surface area contributed by atoms with E-state index in [0.717, 1.165) is 89.9 Å². The first-order chi connectivity index (χ1) is 28.0. The van der Waals surface area contributed by atoms with Crippen LogP contribution in [0.4, 0.5) is 0 Å². The number of likely N-dealkylation sites (N-methyl/N-ethyl adjacent to an activating group) is 1. The first-order valence-corrected chi connectivity index (χ1v) is 23.2. The summed E-state index contributed by atoms with van der Waals surface area (Å²) < 4.78 is 34.2. The minimum atomic E-state index is -4.40. The fourth-order valence-corrected chi connectivity index (χ4v) is 5.79. The van der Waals surface area contributed by atoms with E-state index < -0.39 is 32.5 Å². The number of unbranched alkanes of at least 4 members (excludes halogenated alkanes) is 8. The SMILES string of the molecule is CC/C=C/C=C/C=C/C=C/CCCCCCCC(=O)OC[C@H](COP(=O)(O)OCC[N+](C)(C)C)OC(=O)CCCCC/C=C/C/C=C/C/C=C/C/C=C/C/C=C/CC. The van der Waals surface area contributed by atoms with Crippen LogP contribution < -0.4 is 0 Å². The first kappa shape index (κ1) is 54.7. The van der Waals surface area contributed by atoms with Crippen molar-refractivity contribution in [3.8, 4) is 0 Å². The van der Waals surface area contributed by atoms with Crippen LogP contribution in [0, 0.1) is 0 Å². The van der Waals surface area contributed by atoms with Gasteiger partial charge in [0, 0.05) is 12.8 Å². The molecule has 1 N–H and O–H groups in total. The predicted molar refractivity (Wildman–Crippen MR) is 242 cm³/mol. The molecule has 0 aromatic carbocycles. The number of phosphoric acid groups is 1. The van der Waals surface area contributed by atoms with Gasteiger partial charge in [0.15, 0.2) is 6.10 Å². The van der Waals surface area contributed by atoms with Crippen LogP contribution in [-0.2, 0) is 32.7 Å². The number of allylic oxidation sites excluding steroid dienone is 18. The van der Waals surface area contributed by atoms with Crippen molar-refractivity contribution in [2.75, 3.05) is 47.5 Å². The van der Waals surface area contributed by atoms with Crippen molar-refractivity contribution in [1.29, 1.82) is 0 Å². The molecule has 0 bridgehead atoms. The summed E-state index contributed by atoms with van der Waals surface area (Å²) in [5.41, 5.74) is 0. The van der Waals surface area contributed by atoms with Crippen LogP contribution in [0.15, 0.2) is 109 Å². The number of phosphoric ester groups is 1. The third-order valence-electron chi connectivity index (χ3n) is 8.39. The lowest BCUT2D eigenvalue weighted by atomic mass is 10.1. The standard InChI is InChI=1S/C48H78NO8P/c1-6-8-10-12-14-16-18-20-22-23-24-25-27-29-31-33-35-37-39-41-48(51)57-46(45-56-58(52,53)55-43-42-49(3,4)5)44-54-47(50)40-38-36-34-32-30-28-26-21-19-17-15-13-11-9-7-2/h8-11,13-17,19-22,24-26,29,31,46H,6-7,12,18,23,27-28,30,32-45H2,1-5H3/p+1/b10-8+,11-9+,15-13+,16-14+,19-17+,22-20+,25-24+,26-21+,31-29+/t46-/m1/s1. The van der Waals surface area contributed by atoms with E-state index in [1.54, 1.807) is 0 Å². The van der Waals surface area contributed by atoms with Crippen molar-refractivity contribution in [1.82, 2.24) is 0 Å². The van der Waals surface area contributed by atoms with Crippen molar-refractivity contribution in [3.63, 3.8) is 0 Å². The van der Waals surface area contributed by atoms with Crippen LogP contribution in [0.25, 0.3) is 0 Å². The zero-order chi connectivity index (χ0) is 42.8. The Kier molecular flexibility index (Phi) is 36.9. The van der Waals surface area contributed by atoms with E-state index in [2.05, 4.69) is 92.8 Å². The van der Waals surface area contributed by atoms with E-state index in [1.807, 2.05) is 51.5 Å². The van der Waals surface area contributed by atoms with Gasteiger partial charge in [-0.25, -0.2) is 4.57 Å². The van der Waals surface area contributed by atoms with Gasteiger partial charge in [0.25, 0.3) is 0 Å². The van der Waals surface area contributed by atoms with Crippen LogP contribution >= 0.6 is 7.82 Å². The number of ether oxygens (including phenoxy) is 2. The largest absolute Gasteiger partial charge is 0.472 e. The lowest BCUT2D eigenvalue weighted by molar-refractivity contribution is -0.870. The zero-order valence-corrected chi connectivity index (χ0v) is 37.6. The summed E-state index contributed by atoms with van der Waals surface area (Å²) in [7, 11) is 1.41. The molecule has 0 saturated carbocycles. The molecule has 0 aliphatic carbocycles. The van der Waals surface area contributed by atoms with Gasteiger partial charge >= 0.3 is 19.8 Å². The Morgan fingerprint density at radius 1 is 0.552 bits per heavy atom. The second-order valence-corrected chi connectivity index (χ2v) is 16.5. The molecule has 1 unspecified atom stereocenters. The minimum absolute atomic E-state index is 0.0135. The van der Waals surface area contributed by atoms with Gasteiger partial charge in [-0.15, -0.1) is 0 Å². The van der Waals surface area contributed by atoms with E-state index in [1.165, 1.54) is 0 Å². The number of hydrogen-bond acceptors (Lipinski definition) is 7. The van der Waals surface area contributed by atoms with Crippen molar-refractivity contribution >= 4 is 19.8 Å². The molecule has 0 rings (SSSR count). The number of quaternary nitrogens is 1. The zero-order valence-electron chi connectivity index (χ0n) is 36.7. The molecule has 58 heavy (non-hydrogen) atoms. The molecule has 0 aliphatic rings. The van der Waals surface area contributed by atoms with E-state index in [4.69, 9.17) is 18.5 Å². The average molecular weight is 829 g/mol. The van der Waals surface area contributed by atoms with Crippen molar-refractivity contribution in [2.45, 2.75) is 136 Å². The first-order valence-electron chi connectivity index (χ1n) is 21.7. The maximum atomic E-state index is 12.7. The Morgan fingerprint density at radius 3 is 1.60 bits per heavy atom. The predicted octanol–water partition coefficient (Wildman–Crippen LogP) is 12.3.